The first-order valence-corrected chi connectivity index (χ1v) is 6.22. The zero-order valence-electron chi connectivity index (χ0n) is 9.21. The Balaban J connectivity index is 2.00. The molecule has 0 spiro atoms. The lowest BCUT2D eigenvalue weighted by Gasteiger charge is -2.23. The van der Waals surface area contributed by atoms with Crippen molar-refractivity contribution in [3.05, 3.63) is 24.3 Å². The largest absolute Gasteiger partial charge is 0.392 e. The van der Waals surface area contributed by atoms with Gasteiger partial charge in [-0.05, 0) is 37.1 Å². The maximum absolute atomic E-state index is 9.79. The number of aliphatic hydroxyl groups excluding tert-OH is 1. The van der Waals surface area contributed by atoms with Gasteiger partial charge in [0.15, 0.2) is 0 Å². The van der Waals surface area contributed by atoms with Gasteiger partial charge in [0, 0.05) is 17.0 Å². The van der Waals surface area contributed by atoms with E-state index in [1.165, 1.54) is 6.42 Å². The molecule has 1 aromatic carbocycles. The van der Waals surface area contributed by atoms with Crippen LogP contribution in [0.4, 0.5) is 5.69 Å². The van der Waals surface area contributed by atoms with Crippen molar-refractivity contribution in [2.75, 3.05) is 0 Å². The molecule has 3 heteroatoms. The molecule has 2 nitrogen and oxygen atoms in total. The van der Waals surface area contributed by atoms with Crippen LogP contribution in [0.3, 0.4) is 0 Å². The smallest absolute Gasteiger partial charge is 0.0626 e. The van der Waals surface area contributed by atoms with Gasteiger partial charge in [-0.3, -0.25) is 4.99 Å². The molecule has 16 heavy (non-hydrogen) atoms. The standard InChI is InChI=1S/C13H17NOS/c15-13-4-2-1-3-10(13)9-14-11-5-7-12(16)8-6-11/h5-10,13,15-16H,1-4H2. The Hall–Kier alpha value is -0.800. The highest BCUT2D eigenvalue weighted by molar-refractivity contribution is 7.80. The van der Waals surface area contributed by atoms with Crippen LogP contribution >= 0.6 is 12.6 Å². The molecule has 2 unspecified atom stereocenters. The zero-order chi connectivity index (χ0) is 11.4. The quantitative estimate of drug-likeness (QED) is 0.598. The van der Waals surface area contributed by atoms with Crippen LogP contribution in [0.1, 0.15) is 25.7 Å². The summed E-state index contributed by atoms with van der Waals surface area (Å²) >= 11 is 4.22. The fourth-order valence-corrected chi connectivity index (χ4v) is 2.18. The zero-order valence-corrected chi connectivity index (χ0v) is 10.1. The third-order valence-corrected chi connectivity index (χ3v) is 3.34. The minimum absolute atomic E-state index is 0.207. The van der Waals surface area contributed by atoms with E-state index in [4.69, 9.17) is 0 Å². The van der Waals surface area contributed by atoms with Crippen LogP contribution in [0, 0.1) is 5.92 Å². The Kier molecular flexibility index (Phi) is 4.02. The summed E-state index contributed by atoms with van der Waals surface area (Å²) in [5.74, 6) is 0.226. The molecule has 0 radical (unpaired) electrons. The number of hydrogen-bond acceptors (Lipinski definition) is 3. The summed E-state index contributed by atoms with van der Waals surface area (Å²) in [5.41, 5.74) is 0.926. The Bertz CT molecular complexity index is 361. The SMILES string of the molecule is OC1CCCCC1C=Nc1ccc(S)cc1. The Labute approximate surface area is 102 Å². The number of nitrogens with zero attached hydrogens (tertiary/aromatic N) is 1. The lowest BCUT2D eigenvalue weighted by Crippen LogP contribution is -2.25. The van der Waals surface area contributed by atoms with E-state index < -0.39 is 0 Å². The lowest BCUT2D eigenvalue weighted by molar-refractivity contribution is 0.103. The van der Waals surface area contributed by atoms with Crippen LogP contribution in [0.2, 0.25) is 0 Å². The summed E-state index contributed by atoms with van der Waals surface area (Å²) in [6.45, 7) is 0. The summed E-state index contributed by atoms with van der Waals surface area (Å²) in [4.78, 5) is 5.34. The van der Waals surface area contributed by atoms with Gasteiger partial charge in [0.25, 0.3) is 0 Å². The van der Waals surface area contributed by atoms with E-state index in [0.717, 1.165) is 29.8 Å². The van der Waals surface area contributed by atoms with Gasteiger partial charge in [-0.2, -0.15) is 0 Å². The number of hydrogen-bond donors (Lipinski definition) is 2. The van der Waals surface area contributed by atoms with Gasteiger partial charge in [-0.15, -0.1) is 12.6 Å². The van der Waals surface area contributed by atoms with E-state index in [-0.39, 0.29) is 12.0 Å². The van der Waals surface area contributed by atoms with Gasteiger partial charge < -0.3 is 5.11 Å². The number of aliphatic imine (C=N–C) groups is 1. The summed E-state index contributed by atoms with van der Waals surface area (Å²) in [6, 6.07) is 7.72. The highest BCUT2D eigenvalue weighted by Gasteiger charge is 2.20. The van der Waals surface area contributed by atoms with Crippen LogP contribution in [0.15, 0.2) is 34.2 Å². The third kappa shape index (κ3) is 3.09. The molecule has 0 bridgehead atoms. The first-order valence-electron chi connectivity index (χ1n) is 5.77. The first kappa shape index (κ1) is 11.7. The van der Waals surface area contributed by atoms with Gasteiger partial charge in [0.2, 0.25) is 0 Å². The maximum Gasteiger partial charge on any atom is 0.0626 e. The minimum Gasteiger partial charge on any atom is -0.392 e. The van der Waals surface area contributed by atoms with Crippen molar-refractivity contribution in [1.82, 2.24) is 0 Å². The molecule has 1 aromatic rings. The molecule has 1 aliphatic carbocycles. The van der Waals surface area contributed by atoms with Crippen molar-refractivity contribution in [3.63, 3.8) is 0 Å². The molecule has 86 valence electrons. The van der Waals surface area contributed by atoms with E-state index in [1.54, 1.807) is 0 Å². The number of thiol groups is 1. The first-order chi connectivity index (χ1) is 7.75. The Morgan fingerprint density at radius 3 is 2.56 bits per heavy atom. The topological polar surface area (TPSA) is 32.6 Å². The second kappa shape index (κ2) is 5.51. The van der Waals surface area contributed by atoms with Crippen molar-refractivity contribution >= 4 is 24.5 Å². The summed E-state index contributed by atoms with van der Waals surface area (Å²) in [5, 5.41) is 9.79. The van der Waals surface area contributed by atoms with Crippen molar-refractivity contribution in [2.45, 2.75) is 36.7 Å². The molecule has 0 saturated heterocycles. The van der Waals surface area contributed by atoms with Gasteiger partial charge in [0.1, 0.15) is 0 Å². The Morgan fingerprint density at radius 1 is 1.19 bits per heavy atom. The molecular weight excluding hydrogens is 218 g/mol. The number of rotatable bonds is 2. The van der Waals surface area contributed by atoms with Crippen LogP contribution < -0.4 is 0 Å². The summed E-state index contributed by atoms with van der Waals surface area (Å²) in [7, 11) is 0. The molecule has 2 rings (SSSR count). The predicted octanol–water partition coefficient (Wildman–Crippen LogP) is 3.23. The van der Waals surface area contributed by atoms with E-state index in [9.17, 15) is 5.11 Å². The molecule has 1 aliphatic rings. The Morgan fingerprint density at radius 2 is 1.88 bits per heavy atom. The highest BCUT2D eigenvalue weighted by Crippen LogP contribution is 2.24. The van der Waals surface area contributed by atoms with Crippen LogP contribution in [-0.2, 0) is 0 Å². The van der Waals surface area contributed by atoms with Crippen LogP contribution in [-0.4, -0.2) is 17.4 Å². The van der Waals surface area contributed by atoms with Crippen LogP contribution in [0.5, 0.6) is 0 Å². The monoisotopic (exact) mass is 235 g/mol. The van der Waals surface area contributed by atoms with Crippen molar-refractivity contribution in [2.24, 2.45) is 10.9 Å². The van der Waals surface area contributed by atoms with Gasteiger partial charge in [0.05, 0.1) is 11.8 Å². The molecule has 0 amide bonds. The fraction of sp³-hybridized carbons (Fsp3) is 0.462. The maximum atomic E-state index is 9.79. The van der Waals surface area contributed by atoms with Crippen molar-refractivity contribution in [3.8, 4) is 0 Å². The average Bonchev–Trinajstić information content (AvgIpc) is 2.30. The lowest BCUT2D eigenvalue weighted by atomic mass is 9.87. The van der Waals surface area contributed by atoms with Gasteiger partial charge in [-0.25, -0.2) is 0 Å². The molecule has 1 saturated carbocycles. The fourth-order valence-electron chi connectivity index (χ4n) is 2.03. The molecule has 0 aliphatic heterocycles. The predicted molar refractivity (Wildman–Crippen MR) is 69.8 cm³/mol. The summed E-state index contributed by atoms with van der Waals surface area (Å²) < 4.78 is 0. The van der Waals surface area contributed by atoms with E-state index >= 15 is 0 Å². The van der Waals surface area contributed by atoms with Gasteiger partial charge in [-0.1, -0.05) is 12.8 Å². The molecule has 2 atom stereocenters. The minimum atomic E-state index is -0.207. The second-order valence-corrected chi connectivity index (χ2v) is 4.83. The molecule has 0 aromatic heterocycles. The van der Waals surface area contributed by atoms with Crippen molar-refractivity contribution < 1.29 is 5.11 Å². The molecule has 1 N–H and O–H groups in total. The summed E-state index contributed by atoms with van der Waals surface area (Å²) in [6.07, 6.45) is 5.99. The van der Waals surface area contributed by atoms with E-state index in [0.29, 0.717) is 0 Å². The molecule has 1 fully saturated rings. The molecule has 0 heterocycles. The van der Waals surface area contributed by atoms with Crippen LogP contribution in [0.25, 0.3) is 0 Å². The van der Waals surface area contributed by atoms with Gasteiger partial charge >= 0.3 is 0 Å². The normalized spacial score (nSPS) is 26.1. The highest BCUT2D eigenvalue weighted by atomic mass is 32.1. The molecular formula is C13H17NOS. The van der Waals surface area contributed by atoms with E-state index in [1.807, 2.05) is 30.5 Å². The van der Waals surface area contributed by atoms with Crippen molar-refractivity contribution in [1.29, 1.82) is 0 Å². The second-order valence-electron chi connectivity index (χ2n) is 4.31. The van der Waals surface area contributed by atoms with E-state index in [2.05, 4.69) is 17.6 Å². The number of benzene rings is 1. The number of aliphatic hydroxyl groups is 1. The average molecular weight is 235 g/mol. The third-order valence-electron chi connectivity index (χ3n) is 3.05.